The van der Waals surface area contributed by atoms with Gasteiger partial charge >= 0.3 is 0 Å². The normalized spacial score (nSPS) is 13.4. The third-order valence-corrected chi connectivity index (χ3v) is 5.21. The Hall–Kier alpha value is -0.130. The van der Waals surface area contributed by atoms with E-state index in [4.69, 9.17) is 0 Å². The predicted molar refractivity (Wildman–Crippen MR) is 65.0 cm³/mol. The van der Waals surface area contributed by atoms with Gasteiger partial charge in [-0.3, -0.25) is 0 Å². The maximum Gasteiger partial charge on any atom is 0.150 e. The van der Waals surface area contributed by atoms with E-state index in [1.807, 2.05) is 13.8 Å². The Morgan fingerprint density at radius 3 is 2.00 bits per heavy atom. The maximum atomic E-state index is 11.3. The van der Waals surface area contributed by atoms with Crippen molar-refractivity contribution >= 4 is 9.84 Å². The monoisotopic (exact) mass is 252 g/mol. The van der Waals surface area contributed by atoms with Crippen LogP contribution in [0.1, 0.15) is 33.6 Å². The Bertz CT molecular complexity index is 278. The second-order valence-electron chi connectivity index (χ2n) is 4.67. The molecule has 0 aliphatic carbocycles. The minimum absolute atomic E-state index is 0.104. The van der Waals surface area contributed by atoms with Gasteiger partial charge in [-0.25, -0.2) is 8.42 Å². The van der Waals surface area contributed by atoms with Crippen LogP contribution in [0.25, 0.3) is 0 Å². The van der Waals surface area contributed by atoms with Crippen LogP contribution in [0, 0.1) is 11.3 Å². The standard InChI is InChI=1S/C11H24O4S/c1-4-16(14,15)7-5-6-11(8-12,9-13)10(2)3/h10,12-13H,4-9H2,1-3H3. The topological polar surface area (TPSA) is 74.6 Å². The molecule has 4 nitrogen and oxygen atoms in total. The van der Waals surface area contributed by atoms with E-state index in [-0.39, 0.29) is 30.6 Å². The molecule has 0 aromatic heterocycles. The van der Waals surface area contributed by atoms with E-state index >= 15 is 0 Å². The Labute approximate surface area is 98.6 Å². The molecular formula is C11H24O4S. The van der Waals surface area contributed by atoms with E-state index in [9.17, 15) is 18.6 Å². The molecule has 0 radical (unpaired) electrons. The van der Waals surface area contributed by atoms with E-state index in [1.54, 1.807) is 6.92 Å². The first kappa shape index (κ1) is 15.9. The van der Waals surface area contributed by atoms with Crippen LogP contribution in [0.2, 0.25) is 0 Å². The van der Waals surface area contributed by atoms with Gasteiger partial charge in [0.05, 0.1) is 19.0 Å². The van der Waals surface area contributed by atoms with Crippen LogP contribution in [0.5, 0.6) is 0 Å². The summed E-state index contributed by atoms with van der Waals surface area (Å²) in [5, 5.41) is 18.6. The summed E-state index contributed by atoms with van der Waals surface area (Å²) in [5.41, 5.74) is -0.552. The minimum atomic E-state index is -2.95. The van der Waals surface area contributed by atoms with Crippen molar-refractivity contribution in [2.45, 2.75) is 33.6 Å². The lowest BCUT2D eigenvalue weighted by atomic mass is 9.75. The van der Waals surface area contributed by atoms with Crippen molar-refractivity contribution in [1.82, 2.24) is 0 Å². The largest absolute Gasteiger partial charge is 0.396 e. The summed E-state index contributed by atoms with van der Waals surface area (Å²) >= 11 is 0. The van der Waals surface area contributed by atoms with E-state index in [0.29, 0.717) is 12.8 Å². The van der Waals surface area contributed by atoms with Gasteiger partial charge in [0.1, 0.15) is 9.84 Å². The molecule has 5 heteroatoms. The molecule has 0 saturated heterocycles. The molecule has 0 amide bonds. The molecule has 0 rings (SSSR count). The third-order valence-electron chi connectivity index (χ3n) is 3.42. The lowest BCUT2D eigenvalue weighted by molar-refractivity contribution is 0.00851. The highest BCUT2D eigenvalue weighted by molar-refractivity contribution is 7.91. The van der Waals surface area contributed by atoms with Crippen molar-refractivity contribution in [3.63, 3.8) is 0 Å². The number of sulfone groups is 1. The lowest BCUT2D eigenvalue weighted by Gasteiger charge is -2.34. The van der Waals surface area contributed by atoms with Crippen LogP contribution in [-0.4, -0.2) is 43.4 Å². The summed E-state index contributed by atoms with van der Waals surface area (Å²) in [6, 6.07) is 0. The predicted octanol–water partition coefficient (Wildman–Crippen LogP) is 0.828. The molecule has 0 bridgehead atoms. The molecule has 0 unspecified atom stereocenters. The number of rotatable bonds is 8. The molecule has 2 N–H and O–H groups in total. The first-order valence-electron chi connectivity index (χ1n) is 5.75. The molecule has 0 spiro atoms. The molecule has 0 saturated carbocycles. The molecule has 98 valence electrons. The van der Waals surface area contributed by atoms with Crippen molar-refractivity contribution in [3.8, 4) is 0 Å². The average molecular weight is 252 g/mol. The quantitative estimate of drug-likeness (QED) is 0.671. The van der Waals surface area contributed by atoms with Gasteiger partial charge in [0, 0.05) is 11.2 Å². The summed E-state index contributed by atoms with van der Waals surface area (Å²) in [7, 11) is -2.95. The van der Waals surface area contributed by atoms with Gasteiger partial charge in [0.25, 0.3) is 0 Å². The summed E-state index contributed by atoms with van der Waals surface area (Å²) in [4.78, 5) is 0. The van der Waals surface area contributed by atoms with E-state index < -0.39 is 15.3 Å². The van der Waals surface area contributed by atoms with E-state index in [0.717, 1.165) is 0 Å². The van der Waals surface area contributed by atoms with Crippen molar-refractivity contribution in [3.05, 3.63) is 0 Å². The van der Waals surface area contributed by atoms with Crippen molar-refractivity contribution < 1.29 is 18.6 Å². The van der Waals surface area contributed by atoms with Gasteiger partial charge in [-0.2, -0.15) is 0 Å². The zero-order chi connectivity index (χ0) is 12.8. The molecule has 0 aromatic carbocycles. The molecule has 0 heterocycles. The van der Waals surface area contributed by atoms with Crippen LogP contribution in [0.15, 0.2) is 0 Å². The summed E-state index contributed by atoms with van der Waals surface area (Å²) in [6.45, 7) is 5.28. The SMILES string of the molecule is CCS(=O)(=O)CCCC(CO)(CO)C(C)C. The molecule has 0 aliphatic rings. The fourth-order valence-electron chi connectivity index (χ4n) is 1.65. The number of aliphatic hydroxyl groups excluding tert-OH is 2. The van der Waals surface area contributed by atoms with Crippen LogP contribution in [0.3, 0.4) is 0 Å². The van der Waals surface area contributed by atoms with Crippen LogP contribution in [0.4, 0.5) is 0 Å². The van der Waals surface area contributed by atoms with E-state index in [1.165, 1.54) is 0 Å². The van der Waals surface area contributed by atoms with Gasteiger partial charge in [-0.15, -0.1) is 0 Å². The molecule has 0 fully saturated rings. The number of aliphatic hydroxyl groups is 2. The second-order valence-corrected chi connectivity index (χ2v) is 7.15. The fourth-order valence-corrected chi connectivity index (χ4v) is 2.52. The smallest absolute Gasteiger partial charge is 0.150 e. The Balaban J connectivity index is 4.35. The zero-order valence-corrected chi connectivity index (χ0v) is 11.3. The van der Waals surface area contributed by atoms with Crippen LogP contribution < -0.4 is 0 Å². The molecular weight excluding hydrogens is 228 g/mol. The molecule has 0 atom stereocenters. The third kappa shape index (κ3) is 4.39. The summed E-state index contributed by atoms with van der Waals surface area (Å²) < 4.78 is 22.6. The van der Waals surface area contributed by atoms with Crippen molar-refractivity contribution in [2.75, 3.05) is 24.7 Å². The molecule has 16 heavy (non-hydrogen) atoms. The van der Waals surface area contributed by atoms with Crippen molar-refractivity contribution in [1.29, 1.82) is 0 Å². The highest BCUT2D eigenvalue weighted by Gasteiger charge is 2.32. The lowest BCUT2D eigenvalue weighted by Crippen LogP contribution is -2.36. The van der Waals surface area contributed by atoms with Gasteiger partial charge in [0.2, 0.25) is 0 Å². The van der Waals surface area contributed by atoms with Crippen LogP contribution >= 0.6 is 0 Å². The number of hydrogen-bond donors (Lipinski definition) is 2. The first-order chi connectivity index (χ1) is 7.33. The Morgan fingerprint density at radius 1 is 1.19 bits per heavy atom. The second kappa shape index (κ2) is 6.57. The van der Waals surface area contributed by atoms with Gasteiger partial charge in [-0.05, 0) is 18.8 Å². The zero-order valence-electron chi connectivity index (χ0n) is 10.4. The van der Waals surface area contributed by atoms with Gasteiger partial charge < -0.3 is 10.2 Å². The van der Waals surface area contributed by atoms with Gasteiger partial charge in [0.15, 0.2) is 0 Å². The molecule has 0 aromatic rings. The van der Waals surface area contributed by atoms with Gasteiger partial charge in [-0.1, -0.05) is 20.8 Å². The Morgan fingerprint density at radius 2 is 1.69 bits per heavy atom. The minimum Gasteiger partial charge on any atom is -0.396 e. The van der Waals surface area contributed by atoms with E-state index in [2.05, 4.69) is 0 Å². The summed E-state index contributed by atoms with van der Waals surface area (Å²) in [6.07, 6.45) is 1.03. The highest BCUT2D eigenvalue weighted by Crippen LogP contribution is 2.32. The first-order valence-corrected chi connectivity index (χ1v) is 7.58. The van der Waals surface area contributed by atoms with Crippen molar-refractivity contribution in [2.24, 2.45) is 11.3 Å². The summed E-state index contributed by atoms with van der Waals surface area (Å²) in [5.74, 6) is 0.421. The molecule has 0 aliphatic heterocycles. The maximum absolute atomic E-state index is 11.3. The average Bonchev–Trinajstić information content (AvgIpc) is 2.24. The highest BCUT2D eigenvalue weighted by atomic mass is 32.2. The number of hydrogen-bond acceptors (Lipinski definition) is 4. The van der Waals surface area contributed by atoms with Crippen LogP contribution in [-0.2, 0) is 9.84 Å². The Kier molecular flexibility index (Phi) is 6.51. The fraction of sp³-hybridized carbons (Fsp3) is 1.00.